The fraction of sp³-hybridized carbons (Fsp3) is 1.00. The van der Waals surface area contributed by atoms with Crippen LogP contribution in [0.25, 0.3) is 0 Å². The van der Waals surface area contributed by atoms with E-state index in [2.05, 4.69) is 4.72 Å². The number of nitrogens with one attached hydrogen (secondary N) is 1. The fourth-order valence-corrected chi connectivity index (χ4v) is 0. The van der Waals surface area contributed by atoms with Crippen molar-refractivity contribution in [3.05, 3.63) is 0 Å². The molecule has 0 aromatic heterocycles. The fourth-order valence-electron chi connectivity index (χ4n) is 0. The van der Waals surface area contributed by atoms with Crippen LogP contribution >= 0.6 is 0 Å². The van der Waals surface area contributed by atoms with Crippen LogP contribution in [0, 0.1) is 0 Å². The molecule has 0 atom stereocenters. The molecular formula is C2H7NNaO2S. The number of hydrogen-bond acceptors (Lipinski definition) is 2. The van der Waals surface area contributed by atoms with Gasteiger partial charge in [-0.05, 0) is 7.05 Å². The second-order valence-corrected chi connectivity index (χ2v) is 2.93. The van der Waals surface area contributed by atoms with Gasteiger partial charge in [-0.3, -0.25) is 0 Å². The Morgan fingerprint density at radius 1 is 1.43 bits per heavy atom. The van der Waals surface area contributed by atoms with Crippen LogP contribution in [0.1, 0.15) is 0 Å². The molecule has 5 heteroatoms. The summed E-state index contributed by atoms with van der Waals surface area (Å²) in [4.78, 5) is 0. The van der Waals surface area contributed by atoms with E-state index in [-0.39, 0.29) is 29.6 Å². The molecule has 0 aliphatic heterocycles. The molecule has 0 heterocycles. The Balaban J connectivity index is 0. The van der Waals surface area contributed by atoms with Crippen molar-refractivity contribution < 1.29 is 8.42 Å². The Hall–Kier alpha value is 0.910. The van der Waals surface area contributed by atoms with E-state index in [1.807, 2.05) is 0 Å². The van der Waals surface area contributed by atoms with Gasteiger partial charge in [-0.1, -0.05) is 0 Å². The molecule has 1 radical (unpaired) electrons. The maximum absolute atomic E-state index is 9.89. The van der Waals surface area contributed by atoms with Gasteiger partial charge >= 0.3 is 0 Å². The van der Waals surface area contributed by atoms with E-state index >= 15 is 0 Å². The second kappa shape index (κ2) is 3.86. The van der Waals surface area contributed by atoms with Gasteiger partial charge in [0, 0.05) is 29.6 Å². The van der Waals surface area contributed by atoms with Gasteiger partial charge in [0.1, 0.15) is 0 Å². The van der Waals surface area contributed by atoms with Gasteiger partial charge in [0.25, 0.3) is 0 Å². The Labute approximate surface area is 65.8 Å². The maximum atomic E-state index is 9.89. The summed E-state index contributed by atoms with van der Waals surface area (Å²) in [6, 6.07) is 0. The number of sulfonamides is 1. The Morgan fingerprint density at radius 3 is 1.57 bits per heavy atom. The van der Waals surface area contributed by atoms with Crippen molar-refractivity contribution in [1.82, 2.24) is 4.72 Å². The van der Waals surface area contributed by atoms with Crippen molar-refractivity contribution in [2.75, 3.05) is 13.3 Å². The normalized spacial score (nSPS) is 10.0. The Kier molecular flexibility index (Phi) is 5.96. The molecule has 0 aliphatic carbocycles. The summed E-state index contributed by atoms with van der Waals surface area (Å²) < 4.78 is 21.9. The zero-order chi connectivity index (χ0) is 5.21. The van der Waals surface area contributed by atoms with E-state index in [9.17, 15) is 8.42 Å². The van der Waals surface area contributed by atoms with Gasteiger partial charge in [0.2, 0.25) is 10.0 Å². The molecular weight excluding hydrogens is 125 g/mol. The maximum Gasteiger partial charge on any atom is 0.208 e. The standard InChI is InChI=1S/C2H7NO2S.Na/c1-3-6(2,4)5;/h3H,1-2H3;. The van der Waals surface area contributed by atoms with E-state index in [1.54, 1.807) is 0 Å². The summed E-state index contributed by atoms with van der Waals surface area (Å²) >= 11 is 0. The van der Waals surface area contributed by atoms with Crippen LogP contribution in [0.5, 0.6) is 0 Å². The van der Waals surface area contributed by atoms with Gasteiger partial charge in [0.15, 0.2) is 0 Å². The molecule has 0 bridgehead atoms. The Morgan fingerprint density at radius 2 is 1.57 bits per heavy atom. The molecule has 0 unspecified atom stereocenters. The van der Waals surface area contributed by atoms with E-state index in [0.29, 0.717) is 0 Å². The third kappa shape index (κ3) is 10.9. The van der Waals surface area contributed by atoms with Gasteiger partial charge in [-0.2, -0.15) is 0 Å². The van der Waals surface area contributed by atoms with Gasteiger partial charge in [-0.15, -0.1) is 0 Å². The van der Waals surface area contributed by atoms with E-state index in [0.717, 1.165) is 6.26 Å². The van der Waals surface area contributed by atoms with Crippen LogP contribution in [-0.2, 0) is 10.0 Å². The molecule has 0 aromatic rings. The molecule has 0 amide bonds. The van der Waals surface area contributed by atoms with Gasteiger partial charge < -0.3 is 0 Å². The monoisotopic (exact) mass is 132 g/mol. The average Bonchev–Trinajstić information content (AvgIpc) is 1.35. The first-order chi connectivity index (χ1) is 2.56. The molecule has 0 saturated heterocycles. The van der Waals surface area contributed by atoms with Crippen molar-refractivity contribution in [2.24, 2.45) is 0 Å². The predicted octanol–water partition coefficient (Wildman–Crippen LogP) is -1.22. The largest absolute Gasteiger partial charge is 0.219 e. The average molecular weight is 132 g/mol. The second-order valence-electron chi connectivity index (χ2n) is 0.976. The molecule has 0 rings (SSSR count). The van der Waals surface area contributed by atoms with Crippen LogP contribution in [0.3, 0.4) is 0 Å². The first-order valence-electron chi connectivity index (χ1n) is 1.45. The minimum atomic E-state index is -2.91. The predicted molar refractivity (Wildman–Crippen MR) is 29.7 cm³/mol. The molecule has 0 aliphatic rings. The number of rotatable bonds is 1. The summed E-state index contributed by atoms with van der Waals surface area (Å²) in [6.07, 6.45) is 1.10. The molecule has 7 heavy (non-hydrogen) atoms. The van der Waals surface area contributed by atoms with Crippen LogP contribution < -0.4 is 4.72 Å². The quantitative estimate of drug-likeness (QED) is 0.455. The van der Waals surface area contributed by atoms with Crippen LogP contribution in [0.2, 0.25) is 0 Å². The molecule has 3 nitrogen and oxygen atoms in total. The molecule has 0 saturated carbocycles. The SMILES string of the molecule is CNS(C)(=O)=O.[Na]. The van der Waals surface area contributed by atoms with Crippen LogP contribution in [-0.4, -0.2) is 51.3 Å². The van der Waals surface area contributed by atoms with Crippen molar-refractivity contribution in [3.63, 3.8) is 0 Å². The summed E-state index contributed by atoms with van der Waals surface area (Å²) in [5.41, 5.74) is 0. The van der Waals surface area contributed by atoms with Crippen LogP contribution in [0.4, 0.5) is 0 Å². The Bertz CT molecular complexity index is 118. The summed E-state index contributed by atoms with van der Waals surface area (Å²) in [7, 11) is -1.54. The van der Waals surface area contributed by atoms with E-state index in [4.69, 9.17) is 0 Å². The third-order valence-electron chi connectivity index (χ3n) is 0.371. The van der Waals surface area contributed by atoms with Crippen molar-refractivity contribution in [1.29, 1.82) is 0 Å². The van der Waals surface area contributed by atoms with Crippen molar-refractivity contribution >= 4 is 39.6 Å². The van der Waals surface area contributed by atoms with Gasteiger partial charge in [-0.25, -0.2) is 13.1 Å². The minimum absolute atomic E-state index is 0. The van der Waals surface area contributed by atoms with Gasteiger partial charge in [0.05, 0.1) is 6.26 Å². The third-order valence-corrected chi connectivity index (χ3v) is 1.11. The summed E-state index contributed by atoms with van der Waals surface area (Å²) in [6.45, 7) is 0. The van der Waals surface area contributed by atoms with Crippen molar-refractivity contribution in [2.45, 2.75) is 0 Å². The summed E-state index contributed by atoms with van der Waals surface area (Å²) in [5.74, 6) is 0. The molecule has 0 aromatic carbocycles. The molecule has 0 spiro atoms. The smallest absolute Gasteiger partial charge is 0.208 e. The number of hydrogen-bond donors (Lipinski definition) is 1. The van der Waals surface area contributed by atoms with E-state index < -0.39 is 10.0 Å². The first kappa shape index (κ1) is 10.8. The van der Waals surface area contributed by atoms with Crippen LogP contribution in [0.15, 0.2) is 0 Å². The van der Waals surface area contributed by atoms with Crippen molar-refractivity contribution in [3.8, 4) is 0 Å². The molecule has 39 valence electrons. The summed E-state index contributed by atoms with van der Waals surface area (Å²) in [5, 5.41) is 0. The van der Waals surface area contributed by atoms with E-state index in [1.165, 1.54) is 7.05 Å². The topological polar surface area (TPSA) is 46.2 Å². The zero-order valence-corrected chi connectivity index (χ0v) is 7.54. The first-order valence-corrected chi connectivity index (χ1v) is 3.34. The minimum Gasteiger partial charge on any atom is -0.219 e. The zero-order valence-electron chi connectivity index (χ0n) is 4.72. The molecule has 0 fully saturated rings. The molecule has 1 N–H and O–H groups in total.